The first kappa shape index (κ1) is 14.5. The third-order valence-corrected chi connectivity index (χ3v) is 3.28. The molecule has 0 heterocycles. The number of nitrogens with zero attached hydrogens (tertiary/aromatic N) is 1. The minimum absolute atomic E-state index is 0.00258. The van der Waals surface area contributed by atoms with Gasteiger partial charge in [-0.15, -0.1) is 0 Å². The standard InChI is InChI=1S/C12H16N2O3S/c1-10-5-6-11(12(9-10)18(14,15)16)17-8-4-2-3-7-13/h5-6,9H,2-4,8H2,1H3,(H2,14,15,16). The van der Waals surface area contributed by atoms with Crippen molar-refractivity contribution < 1.29 is 13.2 Å². The topological polar surface area (TPSA) is 93.2 Å². The van der Waals surface area contributed by atoms with E-state index in [-0.39, 0.29) is 10.6 Å². The monoisotopic (exact) mass is 268 g/mol. The molecule has 5 nitrogen and oxygen atoms in total. The van der Waals surface area contributed by atoms with Crippen LogP contribution in [0.15, 0.2) is 23.1 Å². The number of benzene rings is 1. The molecule has 1 aromatic carbocycles. The largest absolute Gasteiger partial charge is 0.492 e. The second kappa shape index (κ2) is 6.38. The van der Waals surface area contributed by atoms with Crippen LogP contribution in [-0.2, 0) is 10.0 Å². The highest BCUT2D eigenvalue weighted by atomic mass is 32.2. The van der Waals surface area contributed by atoms with Gasteiger partial charge in [-0.05, 0) is 37.5 Å². The van der Waals surface area contributed by atoms with Crippen molar-refractivity contribution in [1.29, 1.82) is 5.26 Å². The Morgan fingerprint density at radius 2 is 2.11 bits per heavy atom. The molecule has 0 aromatic heterocycles. The van der Waals surface area contributed by atoms with Gasteiger partial charge in [0.05, 0.1) is 12.7 Å². The normalized spacial score (nSPS) is 10.9. The van der Waals surface area contributed by atoms with E-state index < -0.39 is 10.0 Å². The number of hydrogen-bond acceptors (Lipinski definition) is 4. The fourth-order valence-corrected chi connectivity index (χ4v) is 2.20. The van der Waals surface area contributed by atoms with Gasteiger partial charge < -0.3 is 4.74 Å². The van der Waals surface area contributed by atoms with Gasteiger partial charge in [0.15, 0.2) is 0 Å². The third-order valence-electron chi connectivity index (χ3n) is 2.35. The summed E-state index contributed by atoms with van der Waals surface area (Å²) in [4.78, 5) is 0.00258. The van der Waals surface area contributed by atoms with Gasteiger partial charge in [-0.25, -0.2) is 13.6 Å². The molecule has 0 saturated heterocycles. The van der Waals surface area contributed by atoms with Gasteiger partial charge in [-0.3, -0.25) is 0 Å². The molecular weight excluding hydrogens is 252 g/mol. The van der Waals surface area contributed by atoms with Crippen LogP contribution in [-0.4, -0.2) is 15.0 Å². The molecule has 0 saturated carbocycles. The van der Waals surface area contributed by atoms with Crippen LogP contribution in [0.1, 0.15) is 24.8 Å². The molecule has 0 aliphatic heterocycles. The molecule has 0 aliphatic rings. The summed E-state index contributed by atoms with van der Waals surface area (Å²) in [5, 5.41) is 13.5. The molecule has 0 aliphatic carbocycles. The smallest absolute Gasteiger partial charge is 0.241 e. The van der Waals surface area contributed by atoms with Crippen LogP contribution >= 0.6 is 0 Å². The Labute approximate surface area is 107 Å². The number of aryl methyl sites for hydroxylation is 1. The number of hydrogen-bond donors (Lipinski definition) is 1. The zero-order chi connectivity index (χ0) is 13.6. The second-order valence-electron chi connectivity index (χ2n) is 3.96. The summed E-state index contributed by atoms with van der Waals surface area (Å²) < 4.78 is 28.2. The minimum atomic E-state index is -3.78. The molecule has 0 amide bonds. The van der Waals surface area contributed by atoms with Crippen LogP contribution in [0, 0.1) is 18.3 Å². The lowest BCUT2D eigenvalue weighted by molar-refractivity contribution is 0.300. The highest BCUT2D eigenvalue weighted by Gasteiger charge is 2.15. The van der Waals surface area contributed by atoms with Gasteiger partial charge in [0.25, 0.3) is 0 Å². The lowest BCUT2D eigenvalue weighted by Gasteiger charge is -2.10. The van der Waals surface area contributed by atoms with Crippen LogP contribution in [0.4, 0.5) is 0 Å². The Kier molecular flexibility index (Phi) is 5.13. The molecule has 18 heavy (non-hydrogen) atoms. The van der Waals surface area contributed by atoms with Gasteiger partial charge in [-0.1, -0.05) is 6.07 Å². The number of primary sulfonamides is 1. The Hall–Kier alpha value is -1.58. The van der Waals surface area contributed by atoms with E-state index in [9.17, 15) is 8.42 Å². The quantitative estimate of drug-likeness (QED) is 0.795. The average molecular weight is 268 g/mol. The minimum Gasteiger partial charge on any atom is -0.492 e. The van der Waals surface area contributed by atoms with E-state index >= 15 is 0 Å². The van der Waals surface area contributed by atoms with Crippen molar-refractivity contribution in [2.45, 2.75) is 31.1 Å². The van der Waals surface area contributed by atoms with Crippen LogP contribution in [0.3, 0.4) is 0 Å². The summed E-state index contributed by atoms with van der Waals surface area (Å²) in [7, 11) is -3.78. The van der Waals surface area contributed by atoms with Gasteiger partial charge in [0.2, 0.25) is 10.0 Å². The van der Waals surface area contributed by atoms with Crippen molar-refractivity contribution >= 4 is 10.0 Å². The van der Waals surface area contributed by atoms with Crippen LogP contribution < -0.4 is 9.88 Å². The van der Waals surface area contributed by atoms with E-state index in [1.807, 2.05) is 6.07 Å². The number of sulfonamides is 1. The maximum atomic E-state index is 11.4. The first-order valence-corrected chi connectivity index (χ1v) is 7.13. The van der Waals surface area contributed by atoms with Gasteiger partial charge >= 0.3 is 0 Å². The third kappa shape index (κ3) is 4.35. The number of nitriles is 1. The fraction of sp³-hybridized carbons (Fsp3) is 0.417. The van der Waals surface area contributed by atoms with Crippen molar-refractivity contribution in [3.8, 4) is 11.8 Å². The summed E-state index contributed by atoms with van der Waals surface area (Å²) in [5.74, 6) is 0.264. The lowest BCUT2D eigenvalue weighted by atomic mass is 10.2. The lowest BCUT2D eigenvalue weighted by Crippen LogP contribution is -2.14. The molecule has 0 spiro atoms. The molecule has 1 rings (SSSR count). The average Bonchev–Trinajstić information content (AvgIpc) is 2.29. The van der Waals surface area contributed by atoms with Crippen molar-refractivity contribution in [2.75, 3.05) is 6.61 Å². The van der Waals surface area contributed by atoms with E-state index in [4.69, 9.17) is 15.1 Å². The number of nitrogens with two attached hydrogens (primary N) is 1. The number of unbranched alkanes of at least 4 members (excludes halogenated alkanes) is 2. The molecule has 2 N–H and O–H groups in total. The molecule has 98 valence electrons. The molecule has 0 unspecified atom stereocenters. The summed E-state index contributed by atoms with van der Waals surface area (Å²) in [6.45, 7) is 2.15. The van der Waals surface area contributed by atoms with E-state index in [0.717, 1.165) is 12.0 Å². The van der Waals surface area contributed by atoms with Crippen molar-refractivity contribution in [3.63, 3.8) is 0 Å². The fourth-order valence-electron chi connectivity index (χ4n) is 1.45. The predicted octanol–water partition coefficient (Wildman–Crippen LogP) is 1.72. The molecule has 0 bridgehead atoms. The van der Waals surface area contributed by atoms with Crippen molar-refractivity contribution in [2.24, 2.45) is 5.14 Å². The summed E-state index contributed by atoms with van der Waals surface area (Å²) in [6, 6.07) is 6.88. The van der Waals surface area contributed by atoms with E-state index in [1.165, 1.54) is 6.07 Å². The number of rotatable bonds is 6. The van der Waals surface area contributed by atoms with Crippen molar-refractivity contribution in [3.05, 3.63) is 23.8 Å². The molecule has 6 heteroatoms. The Morgan fingerprint density at radius 3 is 2.72 bits per heavy atom. The maximum absolute atomic E-state index is 11.4. The molecule has 0 fully saturated rings. The van der Waals surface area contributed by atoms with E-state index in [2.05, 4.69) is 0 Å². The molecular formula is C12H16N2O3S. The molecule has 0 radical (unpaired) electrons. The zero-order valence-electron chi connectivity index (χ0n) is 10.2. The maximum Gasteiger partial charge on any atom is 0.241 e. The van der Waals surface area contributed by atoms with Crippen LogP contribution in [0.2, 0.25) is 0 Å². The second-order valence-corrected chi connectivity index (χ2v) is 5.49. The van der Waals surface area contributed by atoms with Crippen LogP contribution in [0.5, 0.6) is 5.75 Å². The van der Waals surface area contributed by atoms with Gasteiger partial charge in [0.1, 0.15) is 10.6 Å². The predicted molar refractivity (Wildman–Crippen MR) is 67.5 cm³/mol. The van der Waals surface area contributed by atoms with Crippen molar-refractivity contribution in [1.82, 2.24) is 0 Å². The summed E-state index contributed by atoms with van der Waals surface area (Å²) in [6.07, 6.45) is 1.90. The van der Waals surface area contributed by atoms with E-state index in [1.54, 1.807) is 19.1 Å². The highest BCUT2D eigenvalue weighted by molar-refractivity contribution is 7.89. The molecule has 0 atom stereocenters. The summed E-state index contributed by atoms with van der Waals surface area (Å²) in [5.41, 5.74) is 0.802. The van der Waals surface area contributed by atoms with E-state index in [0.29, 0.717) is 19.4 Å². The molecule has 1 aromatic rings. The summed E-state index contributed by atoms with van der Waals surface area (Å²) >= 11 is 0. The Balaban J connectivity index is 2.74. The Bertz CT molecular complexity index is 547. The van der Waals surface area contributed by atoms with Gasteiger partial charge in [-0.2, -0.15) is 5.26 Å². The highest BCUT2D eigenvalue weighted by Crippen LogP contribution is 2.24. The van der Waals surface area contributed by atoms with Crippen LogP contribution in [0.25, 0.3) is 0 Å². The van der Waals surface area contributed by atoms with Gasteiger partial charge in [0, 0.05) is 6.42 Å². The first-order valence-electron chi connectivity index (χ1n) is 5.58. The first-order chi connectivity index (χ1) is 8.45. The Morgan fingerprint density at radius 1 is 1.39 bits per heavy atom. The number of ether oxygens (including phenoxy) is 1. The SMILES string of the molecule is Cc1ccc(OCCCCC#N)c(S(N)(=O)=O)c1. The zero-order valence-corrected chi connectivity index (χ0v) is 11.0.